The van der Waals surface area contributed by atoms with Crippen LogP contribution in [0.3, 0.4) is 0 Å². The summed E-state index contributed by atoms with van der Waals surface area (Å²) in [4.78, 5) is 10.6. The number of carbonyl (C=O) groups is 1. The van der Waals surface area contributed by atoms with Gasteiger partial charge in [0.15, 0.2) is 0 Å². The minimum Gasteiger partial charge on any atom is -0.496 e. The average Bonchev–Trinajstić information content (AvgIpc) is 2.34. The Labute approximate surface area is 118 Å². The minimum atomic E-state index is -0.857. The maximum absolute atomic E-state index is 10.6. The van der Waals surface area contributed by atoms with Crippen LogP contribution >= 0.6 is 11.6 Å². The molecule has 0 atom stereocenters. The molecule has 1 aromatic rings. The average molecular weight is 283 g/mol. The summed E-state index contributed by atoms with van der Waals surface area (Å²) in [5.41, 5.74) is 2.72. The second kappa shape index (κ2) is 6.62. The predicted molar refractivity (Wildman–Crippen MR) is 78.0 cm³/mol. The molecule has 0 bridgehead atoms. The number of halogens is 1. The first-order chi connectivity index (χ1) is 8.86. The third-order valence-corrected chi connectivity index (χ3v) is 3.13. The van der Waals surface area contributed by atoms with Crippen LogP contribution in [0.4, 0.5) is 0 Å². The van der Waals surface area contributed by atoms with Crippen molar-refractivity contribution in [2.24, 2.45) is 0 Å². The Morgan fingerprint density at radius 3 is 2.58 bits per heavy atom. The van der Waals surface area contributed by atoms with Crippen LogP contribution in [0.15, 0.2) is 18.2 Å². The van der Waals surface area contributed by atoms with Gasteiger partial charge in [-0.05, 0) is 36.1 Å². The summed E-state index contributed by atoms with van der Waals surface area (Å²) in [6.45, 7) is 5.99. The van der Waals surface area contributed by atoms with E-state index in [1.54, 1.807) is 19.3 Å². The fourth-order valence-electron chi connectivity index (χ4n) is 1.91. The molecule has 0 aromatic heterocycles. The number of methoxy groups -OCH3 is 1. The van der Waals surface area contributed by atoms with Crippen LogP contribution in [-0.4, -0.2) is 18.2 Å². The number of carboxylic acids is 1. The van der Waals surface area contributed by atoms with Crippen molar-refractivity contribution in [3.05, 3.63) is 34.4 Å². The monoisotopic (exact) mass is 282 g/mol. The highest BCUT2D eigenvalue weighted by Crippen LogP contribution is 2.36. The number of aliphatic carboxylic acids is 1. The van der Waals surface area contributed by atoms with Gasteiger partial charge in [0.2, 0.25) is 0 Å². The minimum absolute atomic E-state index is 0.0154. The predicted octanol–water partition coefficient (Wildman–Crippen LogP) is 4.35. The zero-order valence-corrected chi connectivity index (χ0v) is 12.4. The second-order valence-corrected chi connectivity index (χ2v) is 5.15. The number of ether oxygens (including phenoxy) is 1. The summed E-state index contributed by atoms with van der Waals surface area (Å²) in [6.07, 6.45) is 1.65. The zero-order chi connectivity index (χ0) is 14.6. The van der Waals surface area contributed by atoms with Crippen molar-refractivity contribution in [2.75, 3.05) is 7.11 Å². The molecule has 1 aromatic carbocycles. The van der Waals surface area contributed by atoms with E-state index in [0.29, 0.717) is 5.02 Å². The van der Waals surface area contributed by atoms with Crippen molar-refractivity contribution in [3.63, 3.8) is 0 Å². The van der Waals surface area contributed by atoms with Gasteiger partial charge in [0, 0.05) is 10.6 Å². The van der Waals surface area contributed by atoms with Crippen molar-refractivity contribution in [2.45, 2.75) is 33.1 Å². The molecule has 0 radical (unpaired) electrons. The molecule has 4 heteroatoms. The van der Waals surface area contributed by atoms with Crippen LogP contribution in [-0.2, 0) is 4.79 Å². The Balaban J connectivity index is 3.33. The molecule has 0 spiro atoms. The fraction of sp³-hybridized carbons (Fsp3) is 0.400. The van der Waals surface area contributed by atoms with E-state index in [4.69, 9.17) is 21.4 Å². The number of carboxylic acid groups (broad SMARTS) is 1. The molecule has 0 aliphatic carbocycles. The van der Waals surface area contributed by atoms with Crippen molar-refractivity contribution in [1.82, 2.24) is 0 Å². The molecule has 0 saturated carbocycles. The number of rotatable bonds is 5. The lowest BCUT2D eigenvalue weighted by Gasteiger charge is -2.17. The normalized spacial score (nSPS) is 11.8. The first-order valence-electron chi connectivity index (χ1n) is 6.13. The van der Waals surface area contributed by atoms with E-state index in [9.17, 15) is 4.79 Å². The molecule has 1 N–H and O–H groups in total. The SMILES string of the molecule is COc1c(/C(C)=C/CC(=O)O)cc(Cl)cc1C(C)C. The van der Waals surface area contributed by atoms with Gasteiger partial charge >= 0.3 is 5.97 Å². The summed E-state index contributed by atoms with van der Waals surface area (Å²) >= 11 is 6.13. The van der Waals surface area contributed by atoms with Crippen LogP contribution in [0.2, 0.25) is 5.02 Å². The Morgan fingerprint density at radius 2 is 2.11 bits per heavy atom. The van der Waals surface area contributed by atoms with Crippen molar-refractivity contribution >= 4 is 23.1 Å². The van der Waals surface area contributed by atoms with Gasteiger partial charge in [0.25, 0.3) is 0 Å². The molecule has 0 amide bonds. The fourth-order valence-corrected chi connectivity index (χ4v) is 2.14. The lowest BCUT2D eigenvalue weighted by Crippen LogP contribution is -1.99. The molecule has 0 unspecified atom stereocenters. The summed E-state index contributed by atoms with van der Waals surface area (Å²) in [6, 6.07) is 3.69. The molecular formula is C15H19ClO3. The van der Waals surface area contributed by atoms with Gasteiger partial charge in [-0.2, -0.15) is 0 Å². The van der Waals surface area contributed by atoms with Crippen LogP contribution < -0.4 is 4.74 Å². The van der Waals surface area contributed by atoms with Gasteiger partial charge in [-0.3, -0.25) is 4.79 Å². The summed E-state index contributed by atoms with van der Waals surface area (Å²) in [5, 5.41) is 9.36. The third-order valence-electron chi connectivity index (χ3n) is 2.92. The Hall–Kier alpha value is -1.48. The molecule has 19 heavy (non-hydrogen) atoms. The summed E-state index contributed by atoms with van der Waals surface area (Å²) in [5.74, 6) is 0.183. The molecule has 0 fully saturated rings. The number of allylic oxidation sites excluding steroid dienone is 1. The molecule has 1 rings (SSSR count). The highest BCUT2D eigenvalue weighted by molar-refractivity contribution is 6.31. The van der Waals surface area contributed by atoms with Gasteiger partial charge in [0.05, 0.1) is 13.5 Å². The smallest absolute Gasteiger partial charge is 0.307 e. The number of benzene rings is 1. The highest BCUT2D eigenvalue weighted by atomic mass is 35.5. The number of hydrogen-bond donors (Lipinski definition) is 1. The van der Waals surface area contributed by atoms with E-state index in [1.807, 2.05) is 13.0 Å². The highest BCUT2D eigenvalue weighted by Gasteiger charge is 2.15. The molecule has 0 aliphatic rings. The molecule has 0 heterocycles. The van der Waals surface area contributed by atoms with Gasteiger partial charge in [0.1, 0.15) is 5.75 Å². The van der Waals surface area contributed by atoms with E-state index in [-0.39, 0.29) is 12.3 Å². The molecule has 0 saturated heterocycles. The maximum atomic E-state index is 10.6. The van der Waals surface area contributed by atoms with Crippen LogP contribution in [0.1, 0.15) is 44.2 Å². The number of hydrogen-bond acceptors (Lipinski definition) is 2. The van der Waals surface area contributed by atoms with Crippen LogP contribution in [0, 0.1) is 0 Å². The van der Waals surface area contributed by atoms with Crippen LogP contribution in [0.25, 0.3) is 5.57 Å². The van der Waals surface area contributed by atoms with E-state index in [2.05, 4.69) is 13.8 Å². The first-order valence-corrected chi connectivity index (χ1v) is 6.51. The van der Waals surface area contributed by atoms with Crippen molar-refractivity contribution in [1.29, 1.82) is 0 Å². The van der Waals surface area contributed by atoms with E-state index in [0.717, 1.165) is 22.4 Å². The largest absolute Gasteiger partial charge is 0.496 e. The summed E-state index contributed by atoms with van der Waals surface area (Å²) in [7, 11) is 1.61. The van der Waals surface area contributed by atoms with Crippen molar-refractivity contribution < 1.29 is 14.6 Å². The Kier molecular flexibility index (Phi) is 5.43. The standard InChI is InChI=1S/C15H19ClO3/c1-9(2)12-7-11(16)8-13(15(12)19-4)10(3)5-6-14(17)18/h5,7-9H,6H2,1-4H3,(H,17,18)/b10-5+. The van der Waals surface area contributed by atoms with Gasteiger partial charge in [-0.25, -0.2) is 0 Å². The van der Waals surface area contributed by atoms with Gasteiger partial charge in [-0.15, -0.1) is 0 Å². The van der Waals surface area contributed by atoms with E-state index >= 15 is 0 Å². The quantitative estimate of drug-likeness (QED) is 0.873. The molecular weight excluding hydrogens is 264 g/mol. The zero-order valence-electron chi connectivity index (χ0n) is 11.7. The molecule has 0 aliphatic heterocycles. The lowest BCUT2D eigenvalue weighted by atomic mass is 9.95. The topological polar surface area (TPSA) is 46.5 Å². The van der Waals surface area contributed by atoms with Gasteiger partial charge < -0.3 is 9.84 Å². The van der Waals surface area contributed by atoms with E-state index < -0.39 is 5.97 Å². The Morgan fingerprint density at radius 1 is 1.47 bits per heavy atom. The Bertz CT molecular complexity index is 504. The maximum Gasteiger partial charge on any atom is 0.307 e. The van der Waals surface area contributed by atoms with Crippen molar-refractivity contribution in [3.8, 4) is 5.75 Å². The van der Waals surface area contributed by atoms with E-state index in [1.165, 1.54) is 0 Å². The molecule has 3 nitrogen and oxygen atoms in total. The summed E-state index contributed by atoms with van der Waals surface area (Å²) < 4.78 is 5.47. The second-order valence-electron chi connectivity index (χ2n) is 4.72. The van der Waals surface area contributed by atoms with Crippen LogP contribution in [0.5, 0.6) is 5.75 Å². The molecule has 104 valence electrons. The lowest BCUT2D eigenvalue weighted by molar-refractivity contribution is -0.135. The first kappa shape index (κ1) is 15.6. The van der Waals surface area contributed by atoms with Gasteiger partial charge in [-0.1, -0.05) is 31.5 Å². The third kappa shape index (κ3) is 4.00.